The highest BCUT2D eigenvalue weighted by atomic mass is 35.5. The molecule has 1 aliphatic carbocycles. The Bertz CT molecular complexity index is 908. The van der Waals surface area contributed by atoms with Crippen molar-refractivity contribution < 1.29 is 17.9 Å². The van der Waals surface area contributed by atoms with Gasteiger partial charge in [-0.2, -0.15) is 0 Å². The largest absolute Gasteiger partial charge is 0.494 e. The summed E-state index contributed by atoms with van der Waals surface area (Å²) < 4.78 is 30.0. The maximum absolute atomic E-state index is 13.5. The monoisotopic (exact) mass is 473 g/mol. The van der Waals surface area contributed by atoms with Crippen LogP contribution in [0.5, 0.6) is 5.75 Å². The fourth-order valence-corrected chi connectivity index (χ4v) is 6.29. The highest BCUT2D eigenvalue weighted by molar-refractivity contribution is 7.91. The second-order valence-electron chi connectivity index (χ2n) is 8.80. The third-order valence-corrected chi connectivity index (χ3v) is 8.17. The van der Waals surface area contributed by atoms with E-state index in [1.807, 2.05) is 45.0 Å². The van der Waals surface area contributed by atoms with Crippen molar-refractivity contribution in [2.75, 3.05) is 18.1 Å². The molecule has 0 aromatic heterocycles. The van der Waals surface area contributed by atoms with Crippen LogP contribution in [0.2, 0.25) is 0 Å². The number of allylic oxidation sites excluding steroid dienone is 1. The zero-order chi connectivity index (χ0) is 22.1. The van der Waals surface area contributed by atoms with E-state index in [0.29, 0.717) is 19.6 Å². The number of hydrogen-bond donors (Lipinski definition) is 0. The van der Waals surface area contributed by atoms with Crippen molar-refractivity contribution in [1.82, 2.24) is 4.90 Å². The van der Waals surface area contributed by atoms with Gasteiger partial charge in [0, 0.05) is 12.6 Å². The lowest BCUT2D eigenvalue weighted by molar-refractivity contribution is -0.136. The predicted molar refractivity (Wildman–Crippen MR) is 120 cm³/mol. The molecule has 3 atom stereocenters. The number of halogens is 2. The van der Waals surface area contributed by atoms with Crippen LogP contribution in [-0.4, -0.2) is 43.4 Å². The lowest BCUT2D eigenvalue weighted by Gasteiger charge is -2.29. The standard InChI is InChI=1S/C22H29Cl2NO4S/c1-4-10-29-17-7-5-15(6-8-17)13-25(16-9-11-30(27,28)14-16)21(26)20-18(12-19(23)24)22(20,2)3/h5-8,12,16,18,20H,4,9-11,13-14H2,1-3H3. The first-order chi connectivity index (χ1) is 14.0. The van der Waals surface area contributed by atoms with Crippen molar-refractivity contribution in [2.24, 2.45) is 17.3 Å². The van der Waals surface area contributed by atoms with Gasteiger partial charge in [0.25, 0.3) is 0 Å². The van der Waals surface area contributed by atoms with Gasteiger partial charge < -0.3 is 9.64 Å². The second kappa shape index (κ2) is 9.09. The van der Waals surface area contributed by atoms with Gasteiger partial charge in [-0.15, -0.1) is 0 Å². The quantitative estimate of drug-likeness (QED) is 0.553. The van der Waals surface area contributed by atoms with E-state index in [0.717, 1.165) is 17.7 Å². The first kappa shape index (κ1) is 23.4. The summed E-state index contributed by atoms with van der Waals surface area (Å²) in [4.78, 5) is 15.3. The molecule has 1 amide bonds. The fraction of sp³-hybridized carbons (Fsp3) is 0.591. The van der Waals surface area contributed by atoms with E-state index >= 15 is 0 Å². The number of rotatable bonds is 8. The summed E-state index contributed by atoms with van der Waals surface area (Å²) in [5, 5.41) is 0. The molecular weight excluding hydrogens is 445 g/mol. The molecule has 1 heterocycles. The Balaban J connectivity index is 1.81. The minimum absolute atomic E-state index is 0.0142. The Morgan fingerprint density at radius 3 is 2.47 bits per heavy atom. The number of nitrogens with zero attached hydrogens (tertiary/aromatic N) is 1. The van der Waals surface area contributed by atoms with Gasteiger partial charge in [0.15, 0.2) is 9.84 Å². The first-order valence-corrected chi connectivity index (χ1v) is 12.9. The molecule has 0 bridgehead atoms. The molecule has 0 spiro atoms. The van der Waals surface area contributed by atoms with Crippen LogP contribution in [0.3, 0.4) is 0 Å². The van der Waals surface area contributed by atoms with Crippen LogP contribution >= 0.6 is 23.2 Å². The maximum Gasteiger partial charge on any atom is 0.227 e. The van der Waals surface area contributed by atoms with Gasteiger partial charge in [0.05, 0.1) is 24.0 Å². The zero-order valence-corrected chi connectivity index (χ0v) is 19.9. The lowest BCUT2D eigenvalue weighted by Crippen LogP contribution is -2.42. The van der Waals surface area contributed by atoms with Crippen molar-refractivity contribution in [2.45, 2.75) is 46.2 Å². The number of sulfone groups is 1. The number of hydrogen-bond acceptors (Lipinski definition) is 4. The summed E-state index contributed by atoms with van der Waals surface area (Å²) in [5.41, 5.74) is 0.678. The number of carbonyl (C=O) groups excluding carboxylic acids is 1. The predicted octanol–water partition coefficient (Wildman–Crippen LogP) is 4.58. The van der Waals surface area contributed by atoms with E-state index in [1.54, 1.807) is 11.0 Å². The van der Waals surface area contributed by atoms with Crippen LogP contribution < -0.4 is 4.74 Å². The Morgan fingerprint density at radius 2 is 1.93 bits per heavy atom. The minimum Gasteiger partial charge on any atom is -0.494 e. The number of amides is 1. The normalized spacial score (nSPS) is 26.1. The summed E-state index contributed by atoms with van der Waals surface area (Å²) in [6.07, 6.45) is 3.12. The third-order valence-electron chi connectivity index (χ3n) is 6.16. The molecule has 166 valence electrons. The van der Waals surface area contributed by atoms with Gasteiger partial charge in [-0.1, -0.05) is 56.1 Å². The van der Waals surface area contributed by atoms with Crippen LogP contribution in [-0.2, 0) is 21.2 Å². The molecule has 3 rings (SSSR count). The number of carbonyl (C=O) groups is 1. The first-order valence-electron chi connectivity index (χ1n) is 10.3. The average Bonchev–Trinajstić information content (AvgIpc) is 3.00. The van der Waals surface area contributed by atoms with Crippen LogP contribution in [0.1, 0.15) is 39.2 Å². The third kappa shape index (κ3) is 5.32. The summed E-state index contributed by atoms with van der Waals surface area (Å²) in [6, 6.07) is 7.32. The van der Waals surface area contributed by atoms with Gasteiger partial charge in [-0.3, -0.25) is 4.79 Å². The molecular formula is C22H29Cl2NO4S. The van der Waals surface area contributed by atoms with Crippen molar-refractivity contribution in [1.29, 1.82) is 0 Å². The summed E-state index contributed by atoms with van der Waals surface area (Å²) in [5.74, 6) is 0.563. The van der Waals surface area contributed by atoms with Crippen molar-refractivity contribution in [3.8, 4) is 5.75 Å². The molecule has 1 saturated heterocycles. The molecule has 1 aromatic carbocycles. The molecule has 1 aromatic rings. The smallest absolute Gasteiger partial charge is 0.227 e. The molecule has 2 fully saturated rings. The molecule has 30 heavy (non-hydrogen) atoms. The lowest BCUT2D eigenvalue weighted by atomic mass is 10.1. The average molecular weight is 474 g/mol. The molecule has 1 aliphatic heterocycles. The van der Waals surface area contributed by atoms with E-state index in [4.69, 9.17) is 27.9 Å². The zero-order valence-electron chi connectivity index (χ0n) is 17.6. The van der Waals surface area contributed by atoms with Crippen LogP contribution in [0, 0.1) is 17.3 Å². The molecule has 5 nitrogen and oxygen atoms in total. The summed E-state index contributed by atoms with van der Waals surface area (Å²) in [7, 11) is -3.12. The second-order valence-corrected chi connectivity index (χ2v) is 12.0. The maximum atomic E-state index is 13.5. The molecule has 0 N–H and O–H groups in total. The Morgan fingerprint density at radius 1 is 1.27 bits per heavy atom. The van der Waals surface area contributed by atoms with Crippen LogP contribution in [0.15, 0.2) is 34.8 Å². The van der Waals surface area contributed by atoms with Crippen molar-refractivity contribution >= 4 is 38.9 Å². The molecule has 1 saturated carbocycles. The number of benzene rings is 1. The Hall–Kier alpha value is -1.24. The van der Waals surface area contributed by atoms with E-state index < -0.39 is 9.84 Å². The summed E-state index contributed by atoms with van der Waals surface area (Å²) in [6.45, 7) is 7.09. The van der Waals surface area contributed by atoms with Gasteiger partial charge in [-0.25, -0.2) is 8.42 Å². The SMILES string of the molecule is CCCOc1ccc(CN(C(=O)C2C(C=C(Cl)Cl)C2(C)C)C2CCS(=O)(=O)C2)cc1. The van der Waals surface area contributed by atoms with E-state index in [-0.39, 0.29) is 45.2 Å². The Labute approximate surface area is 189 Å². The summed E-state index contributed by atoms with van der Waals surface area (Å²) >= 11 is 11.7. The topological polar surface area (TPSA) is 63.7 Å². The van der Waals surface area contributed by atoms with Gasteiger partial charge in [0.2, 0.25) is 5.91 Å². The molecule has 2 aliphatic rings. The van der Waals surface area contributed by atoms with Gasteiger partial charge >= 0.3 is 0 Å². The van der Waals surface area contributed by atoms with E-state index in [9.17, 15) is 13.2 Å². The molecule has 8 heteroatoms. The fourth-order valence-electron chi connectivity index (χ4n) is 4.29. The Kier molecular flexibility index (Phi) is 7.10. The van der Waals surface area contributed by atoms with E-state index in [1.165, 1.54) is 0 Å². The van der Waals surface area contributed by atoms with Crippen molar-refractivity contribution in [3.05, 3.63) is 40.4 Å². The highest BCUT2D eigenvalue weighted by Crippen LogP contribution is 2.60. The number of ether oxygens (including phenoxy) is 1. The molecule has 3 unspecified atom stereocenters. The van der Waals surface area contributed by atoms with E-state index in [2.05, 4.69) is 0 Å². The molecule has 0 radical (unpaired) electrons. The highest BCUT2D eigenvalue weighted by Gasteiger charge is 2.62. The van der Waals surface area contributed by atoms with Gasteiger partial charge in [-0.05, 0) is 47.9 Å². The minimum atomic E-state index is -3.12. The van der Waals surface area contributed by atoms with Crippen LogP contribution in [0.4, 0.5) is 0 Å². The van der Waals surface area contributed by atoms with Crippen molar-refractivity contribution in [3.63, 3.8) is 0 Å². The van der Waals surface area contributed by atoms with Crippen LogP contribution in [0.25, 0.3) is 0 Å². The van der Waals surface area contributed by atoms with Gasteiger partial charge in [0.1, 0.15) is 10.2 Å².